The highest BCUT2D eigenvalue weighted by molar-refractivity contribution is 5.27. The third kappa shape index (κ3) is 2.07. The summed E-state index contributed by atoms with van der Waals surface area (Å²) in [6.45, 7) is 0.453. The van der Waals surface area contributed by atoms with E-state index in [1.54, 1.807) is 24.4 Å². The maximum absolute atomic E-state index is 9.21. The van der Waals surface area contributed by atoms with Gasteiger partial charge in [0.05, 0.1) is 0 Å². The van der Waals surface area contributed by atoms with Crippen LogP contribution in [0.1, 0.15) is 5.56 Å². The molecule has 0 spiro atoms. The Bertz CT molecular complexity index is 395. The van der Waals surface area contributed by atoms with Crippen molar-refractivity contribution in [3.05, 3.63) is 48.2 Å². The topological polar surface area (TPSA) is 45.2 Å². The van der Waals surface area contributed by atoms with E-state index in [1.165, 1.54) is 0 Å². The van der Waals surface area contributed by atoms with Gasteiger partial charge in [-0.2, -0.15) is 0 Å². The molecule has 0 aliphatic heterocycles. The number of aromatic nitrogens is 1. The molecule has 0 amide bonds. The van der Waals surface area contributed by atoms with Gasteiger partial charge in [-0.1, -0.05) is 12.1 Å². The van der Waals surface area contributed by atoms with Crippen molar-refractivity contribution in [1.82, 2.24) is 4.98 Å². The lowest BCUT2D eigenvalue weighted by Gasteiger charge is -2.03. The van der Waals surface area contributed by atoms with Crippen LogP contribution in [0.2, 0.25) is 0 Å². The molecule has 0 saturated carbocycles. The molecule has 1 heterocycles. The van der Waals surface area contributed by atoms with Crippen molar-refractivity contribution in [3.8, 4) is 11.6 Å². The molecule has 2 rings (SSSR count). The zero-order valence-corrected chi connectivity index (χ0v) is 7.60. The van der Waals surface area contributed by atoms with Crippen molar-refractivity contribution < 1.29 is 9.84 Å². The smallest absolute Gasteiger partial charge is 0.191 e. The Morgan fingerprint density at radius 2 is 2.14 bits per heavy atom. The number of aromatic hydroxyl groups is 1. The van der Waals surface area contributed by atoms with Crippen LogP contribution >= 0.6 is 0 Å². The number of phenolic OH excluding ortho intramolecular Hbond substituents is 1. The average molecular weight is 189 g/mol. The Balaban J connectivity index is 1.98. The van der Waals surface area contributed by atoms with Crippen LogP contribution < -0.4 is 4.74 Å². The Hall–Kier alpha value is -1.90. The minimum Gasteiger partial charge on any atom is -0.508 e. The van der Waals surface area contributed by atoms with E-state index in [0.29, 0.717) is 6.61 Å². The maximum Gasteiger partial charge on any atom is 0.191 e. The number of benzene rings is 1. The predicted octanol–water partition coefficient (Wildman–Crippen LogP) is 2.30. The summed E-state index contributed by atoms with van der Waals surface area (Å²) in [4.78, 5) is 2.94. The van der Waals surface area contributed by atoms with Crippen LogP contribution in [0.5, 0.6) is 11.6 Å². The molecule has 0 bridgehead atoms. The second-order valence-corrected chi connectivity index (χ2v) is 2.99. The first-order valence-corrected chi connectivity index (χ1v) is 4.39. The second kappa shape index (κ2) is 3.87. The number of hydrogen-bond donors (Lipinski definition) is 2. The third-order valence-corrected chi connectivity index (χ3v) is 1.87. The molecule has 0 aliphatic rings. The van der Waals surface area contributed by atoms with Crippen LogP contribution in [0.3, 0.4) is 0 Å². The third-order valence-electron chi connectivity index (χ3n) is 1.87. The van der Waals surface area contributed by atoms with Gasteiger partial charge in [-0.3, -0.25) is 0 Å². The molecular weight excluding hydrogens is 178 g/mol. The van der Waals surface area contributed by atoms with E-state index in [-0.39, 0.29) is 5.75 Å². The number of ether oxygens (including phenoxy) is 1. The lowest BCUT2D eigenvalue weighted by atomic mass is 10.2. The van der Waals surface area contributed by atoms with Crippen LogP contribution in [0.4, 0.5) is 0 Å². The number of hydrogen-bond acceptors (Lipinski definition) is 2. The highest BCUT2D eigenvalue weighted by Crippen LogP contribution is 2.13. The first kappa shape index (κ1) is 8.69. The van der Waals surface area contributed by atoms with Gasteiger partial charge in [0.1, 0.15) is 12.4 Å². The van der Waals surface area contributed by atoms with Gasteiger partial charge >= 0.3 is 0 Å². The number of phenols is 1. The molecule has 0 aliphatic carbocycles. The monoisotopic (exact) mass is 189 g/mol. The first-order chi connectivity index (χ1) is 6.84. The maximum atomic E-state index is 9.21. The summed E-state index contributed by atoms with van der Waals surface area (Å²) in [7, 11) is 0. The average Bonchev–Trinajstić information content (AvgIpc) is 2.67. The van der Waals surface area contributed by atoms with Crippen molar-refractivity contribution in [2.75, 3.05) is 0 Å². The highest BCUT2D eigenvalue weighted by atomic mass is 16.5. The zero-order chi connectivity index (χ0) is 9.80. The molecule has 2 N–H and O–H groups in total. The van der Waals surface area contributed by atoms with Crippen LogP contribution in [-0.4, -0.2) is 10.1 Å². The molecule has 3 nitrogen and oxygen atoms in total. The van der Waals surface area contributed by atoms with E-state index in [9.17, 15) is 5.11 Å². The van der Waals surface area contributed by atoms with E-state index < -0.39 is 0 Å². The van der Waals surface area contributed by atoms with Crippen molar-refractivity contribution in [2.24, 2.45) is 0 Å². The summed E-state index contributed by atoms with van der Waals surface area (Å²) >= 11 is 0. The first-order valence-electron chi connectivity index (χ1n) is 4.39. The molecule has 0 fully saturated rings. The van der Waals surface area contributed by atoms with Gasteiger partial charge in [-0.15, -0.1) is 0 Å². The van der Waals surface area contributed by atoms with Crippen molar-refractivity contribution in [3.63, 3.8) is 0 Å². The van der Waals surface area contributed by atoms with E-state index in [2.05, 4.69) is 4.98 Å². The van der Waals surface area contributed by atoms with Gasteiger partial charge in [0, 0.05) is 6.20 Å². The minimum atomic E-state index is 0.262. The zero-order valence-electron chi connectivity index (χ0n) is 7.60. The second-order valence-electron chi connectivity index (χ2n) is 2.99. The van der Waals surface area contributed by atoms with Gasteiger partial charge in [0.2, 0.25) is 0 Å². The van der Waals surface area contributed by atoms with Crippen molar-refractivity contribution in [2.45, 2.75) is 6.61 Å². The molecule has 2 aromatic rings. The van der Waals surface area contributed by atoms with Crippen LogP contribution in [0, 0.1) is 0 Å². The van der Waals surface area contributed by atoms with E-state index in [0.717, 1.165) is 11.4 Å². The number of H-pyrrole nitrogens is 1. The molecule has 0 unspecified atom stereocenters. The van der Waals surface area contributed by atoms with E-state index >= 15 is 0 Å². The van der Waals surface area contributed by atoms with Gasteiger partial charge in [-0.05, 0) is 29.8 Å². The fourth-order valence-electron chi connectivity index (χ4n) is 1.21. The molecule has 72 valence electrons. The Labute approximate surface area is 82.0 Å². The summed E-state index contributed by atoms with van der Waals surface area (Å²) in [6, 6.07) is 10.7. The van der Waals surface area contributed by atoms with Crippen LogP contribution in [0.25, 0.3) is 0 Å². The fourth-order valence-corrected chi connectivity index (χ4v) is 1.21. The lowest BCUT2D eigenvalue weighted by molar-refractivity contribution is 0.295. The summed E-state index contributed by atoms with van der Waals surface area (Å²) in [5.74, 6) is 0.992. The van der Waals surface area contributed by atoms with Gasteiger partial charge in [-0.25, -0.2) is 0 Å². The van der Waals surface area contributed by atoms with Gasteiger partial charge in [0.15, 0.2) is 5.88 Å². The summed E-state index contributed by atoms with van der Waals surface area (Å²) in [5.41, 5.74) is 0.944. The van der Waals surface area contributed by atoms with Crippen LogP contribution in [0.15, 0.2) is 42.6 Å². The Kier molecular flexibility index (Phi) is 2.40. The SMILES string of the molecule is Oc1cccc(COc2ccc[nH]2)c1. The quantitative estimate of drug-likeness (QED) is 0.778. The largest absolute Gasteiger partial charge is 0.508 e. The summed E-state index contributed by atoms with van der Waals surface area (Å²) < 4.78 is 5.42. The van der Waals surface area contributed by atoms with Gasteiger partial charge in [0.25, 0.3) is 0 Å². The number of rotatable bonds is 3. The standard InChI is InChI=1S/C11H11NO2/c13-10-4-1-3-9(7-10)8-14-11-5-2-6-12-11/h1-7,12-13H,8H2. The molecular formula is C11H11NO2. The highest BCUT2D eigenvalue weighted by Gasteiger charge is 1.96. The summed E-state index contributed by atoms with van der Waals surface area (Å²) in [6.07, 6.45) is 1.80. The van der Waals surface area contributed by atoms with Crippen LogP contribution in [-0.2, 0) is 6.61 Å². The molecule has 1 aromatic carbocycles. The molecule has 0 radical (unpaired) electrons. The van der Waals surface area contributed by atoms with Crippen molar-refractivity contribution in [1.29, 1.82) is 0 Å². The van der Waals surface area contributed by atoms with Gasteiger partial charge < -0.3 is 14.8 Å². The predicted molar refractivity (Wildman–Crippen MR) is 53.2 cm³/mol. The Morgan fingerprint density at radius 3 is 2.86 bits per heavy atom. The molecule has 0 atom stereocenters. The Morgan fingerprint density at radius 1 is 1.21 bits per heavy atom. The number of aromatic amines is 1. The van der Waals surface area contributed by atoms with E-state index in [1.807, 2.05) is 18.2 Å². The number of nitrogens with one attached hydrogen (secondary N) is 1. The van der Waals surface area contributed by atoms with E-state index in [4.69, 9.17) is 4.74 Å². The molecule has 14 heavy (non-hydrogen) atoms. The molecule has 1 aromatic heterocycles. The molecule has 3 heteroatoms. The summed E-state index contributed by atoms with van der Waals surface area (Å²) in [5, 5.41) is 9.21. The lowest BCUT2D eigenvalue weighted by Crippen LogP contribution is -1.94. The fraction of sp³-hybridized carbons (Fsp3) is 0.0909. The van der Waals surface area contributed by atoms with Crippen molar-refractivity contribution >= 4 is 0 Å². The molecule has 0 saturated heterocycles. The normalized spacial score (nSPS) is 10.0. The minimum absolute atomic E-state index is 0.262.